The van der Waals surface area contributed by atoms with E-state index in [1.807, 2.05) is 6.07 Å². The lowest BCUT2D eigenvalue weighted by Crippen LogP contribution is -2.26. The number of benzene rings is 1. The summed E-state index contributed by atoms with van der Waals surface area (Å²) in [6, 6.07) is 6.87. The number of halogens is 2. The zero-order valence-electron chi connectivity index (χ0n) is 14.4. The van der Waals surface area contributed by atoms with Crippen LogP contribution in [-0.4, -0.2) is 40.7 Å². The average molecular weight is 360 g/mol. The van der Waals surface area contributed by atoms with E-state index in [0.717, 1.165) is 50.7 Å². The Morgan fingerprint density at radius 1 is 1.08 bits per heavy atom. The van der Waals surface area contributed by atoms with Crippen molar-refractivity contribution in [1.82, 2.24) is 9.88 Å². The highest BCUT2D eigenvalue weighted by atomic mass is 19.1. The van der Waals surface area contributed by atoms with E-state index < -0.39 is 11.6 Å². The van der Waals surface area contributed by atoms with Gasteiger partial charge in [0.25, 0.3) is 0 Å². The van der Waals surface area contributed by atoms with Crippen LogP contribution >= 0.6 is 0 Å². The molecule has 2 heterocycles. The van der Waals surface area contributed by atoms with E-state index in [-0.39, 0.29) is 17.6 Å². The minimum absolute atomic E-state index is 0.0344. The summed E-state index contributed by atoms with van der Waals surface area (Å²) in [6.07, 6.45) is 4.23. The molecular formula is C20H22F2N2O2. The van der Waals surface area contributed by atoms with Crippen molar-refractivity contribution in [2.45, 2.75) is 25.4 Å². The second-order valence-electron chi connectivity index (χ2n) is 7.35. The predicted octanol–water partition coefficient (Wildman–Crippen LogP) is 3.40. The number of nitrogens with zero attached hydrogens (tertiary/aromatic N) is 2. The van der Waals surface area contributed by atoms with Crippen LogP contribution in [0.5, 0.6) is 11.5 Å². The van der Waals surface area contributed by atoms with Gasteiger partial charge in [-0.15, -0.1) is 0 Å². The van der Waals surface area contributed by atoms with Crippen LogP contribution in [0.4, 0.5) is 8.78 Å². The van der Waals surface area contributed by atoms with Crippen molar-refractivity contribution in [3.63, 3.8) is 0 Å². The van der Waals surface area contributed by atoms with Gasteiger partial charge in [0.05, 0.1) is 12.3 Å². The van der Waals surface area contributed by atoms with Gasteiger partial charge < -0.3 is 14.7 Å². The van der Waals surface area contributed by atoms with Crippen LogP contribution in [0.25, 0.3) is 0 Å². The van der Waals surface area contributed by atoms with Crippen LogP contribution in [0, 0.1) is 23.5 Å². The first-order valence-electron chi connectivity index (χ1n) is 9.04. The zero-order chi connectivity index (χ0) is 18.1. The van der Waals surface area contributed by atoms with E-state index in [0.29, 0.717) is 11.8 Å². The van der Waals surface area contributed by atoms with Crippen LogP contribution in [0.15, 0.2) is 36.5 Å². The molecule has 1 saturated carbocycles. The topological polar surface area (TPSA) is 45.6 Å². The number of rotatable bonds is 5. The Morgan fingerprint density at radius 3 is 2.38 bits per heavy atom. The van der Waals surface area contributed by atoms with Crippen molar-refractivity contribution in [2.24, 2.45) is 11.8 Å². The van der Waals surface area contributed by atoms with E-state index in [2.05, 4.69) is 9.88 Å². The molecule has 0 amide bonds. The molecule has 0 bridgehead atoms. The van der Waals surface area contributed by atoms with Crippen LogP contribution in [0.2, 0.25) is 0 Å². The maximum atomic E-state index is 13.3. The number of pyridine rings is 1. The molecule has 1 aromatic carbocycles. The molecule has 2 fully saturated rings. The molecule has 0 unspecified atom stereocenters. The summed E-state index contributed by atoms with van der Waals surface area (Å²) < 4.78 is 32.4. The lowest BCUT2D eigenvalue weighted by Gasteiger charge is -2.19. The predicted molar refractivity (Wildman–Crippen MR) is 93.0 cm³/mol. The molecular weight excluding hydrogens is 338 g/mol. The Labute approximate surface area is 151 Å². The van der Waals surface area contributed by atoms with Gasteiger partial charge in [0.15, 0.2) is 0 Å². The van der Waals surface area contributed by atoms with Crippen molar-refractivity contribution in [1.29, 1.82) is 0 Å². The number of hydrogen-bond donors (Lipinski definition) is 1. The number of aromatic hydroxyl groups is 1. The fraction of sp³-hybridized carbons (Fsp3) is 0.450. The highest BCUT2D eigenvalue weighted by molar-refractivity contribution is 5.24. The van der Waals surface area contributed by atoms with Gasteiger partial charge in [-0.1, -0.05) is 0 Å². The first kappa shape index (κ1) is 17.2. The highest BCUT2D eigenvalue weighted by Crippen LogP contribution is 2.39. The minimum Gasteiger partial charge on any atom is -0.506 e. The molecule has 1 saturated heterocycles. The summed E-state index contributed by atoms with van der Waals surface area (Å²) in [5, 5.41) is 9.28. The van der Waals surface area contributed by atoms with Crippen molar-refractivity contribution in [2.75, 3.05) is 19.6 Å². The summed E-state index contributed by atoms with van der Waals surface area (Å²) in [6.45, 7) is 3.01. The second-order valence-corrected chi connectivity index (χ2v) is 7.35. The monoisotopic (exact) mass is 360 g/mol. The molecule has 138 valence electrons. The summed E-state index contributed by atoms with van der Waals surface area (Å²) in [7, 11) is 0. The molecule has 26 heavy (non-hydrogen) atoms. The second kappa shape index (κ2) is 7.19. The van der Waals surface area contributed by atoms with Crippen LogP contribution < -0.4 is 4.74 Å². The highest BCUT2D eigenvalue weighted by Gasteiger charge is 2.41. The summed E-state index contributed by atoms with van der Waals surface area (Å²) >= 11 is 0. The number of likely N-dealkylation sites (tertiary alicyclic amines) is 1. The average Bonchev–Trinajstić information content (AvgIpc) is 3.11. The molecule has 0 radical (unpaired) electrons. The van der Waals surface area contributed by atoms with Crippen LogP contribution in [-0.2, 0) is 6.42 Å². The fourth-order valence-electron chi connectivity index (χ4n) is 4.25. The smallest absolute Gasteiger partial charge is 0.133 e. The van der Waals surface area contributed by atoms with E-state index in [1.54, 1.807) is 6.07 Å². The molecule has 4 rings (SSSR count). The van der Waals surface area contributed by atoms with E-state index in [4.69, 9.17) is 4.74 Å². The van der Waals surface area contributed by atoms with Gasteiger partial charge in [-0.25, -0.2) is 8.78 Å². The third-order valence-corrected chi connectivity index (χ3v) is 5.42. The Kier molecular flexibility index (Phi) is 4.76. The van der Waals surface area contributed by atoms with Crippen molar-refractivity contribution in [3.05, 3.63) is 53.9 Å². The van der Waals surface area contributed by atoms with Crippen molar-refractivity contribution >= 4 is 0 Å². The van der Waals surface area contributed by atoms with Crippen LogP contribution in [0.3, 0.4) is 0 Å². The number of hydrogen-bond acceptors (Lipinski definition) is 4. The van der Waals surface area contributed by atoms with Crippen molar-refractivity contribution in [3.8, 4) is 11.5 Å². The largest absolute Gasteiger partial charge is 0.506 e. The first-order valence-corrected chi connectivity index (χ1v) is 9.04. The molecule has 0 spiro atoms. The molecule has 4 nitrogen and oxygen atoms in total. The SMILES string of the molecule is Oc1ccc(CCN2C[C@H]3C[C@H](Oc4cc(F)cc(F)c4)C[C@H]3C2)nc1. The number of fused-ring (bicyclic) bond motifs is 1. The summed E-state index contributed by atoms with van der Waals surface area (Å²) in [5.74, 6) is 0.410. The molecule has 2 aliphatic rings. The Hall–Kier alpha value is -2.21. The zero-order valence-corrected chi connectivity index (χ0v) is 14.4. The minimum atomic E-state index is -0.604. The maximum Gasteiger partial charge on any atom is 0.133 e. The Morgan fingerprint density at radius 2 is 1.77 bits per heavy atom. The molecule has 1 aliphatic heterocycles. The van der Waals surface area contributed by atoms with Gasteiger partial charge in [0, 0.05) is 49.9 Å². The van der Waals surface area contributed by atoms with Gasteiger partial charge >= 0.3 is 0 Å². The Bertz CT molecular complexity index is 735. The normalized spacial score (nSPS) is 25.4. The van der Waals surface area contributed by atoms with Gasteiger partial charge in [0.2, 0.25) is 0 Å². The Balaban J connectivity index is 1.26. The third-order valence-electron chi connectivity index (χ3n) is 5.42. The first-order chi connectivity index (χ1) is 12.5. The van der Waals surface area contributed by atoms with Gasteiger partial charge in [-0.2, -0.15) is 0 Å². The van der Waals surface area contributed by atoms with Gasteiger partial charge in [0.1, 0.15) is 23.1 Å². The molecule has 2 aromatic rings. The molecule has 3 atom stereocenters. The lowest BCUT2D eigenvalue weighted by atomic mass is 10.0. The van der Waals surface area contributed by atoms with Gasteiger partial charge in [-0.05, 0) is 36.8 Å². The maximum absolute atomic E-state index is 13.3. The quantitative estimate of drug-likeness (QED) is 0.888. The standard InChI is InChI=1S/C20H22F2N2O2/c21-15-7-16(22)9-20(8-15)26-19-5-13-11-24(12-14(13)6-19)4-3-17-1-2-18(25)10-23-17/h1-2,7-10,13-14,19,25H,3-6,11-12H2/t13-,14+,19+. The molecule has 6 heteroatoms. The van der Waals surface area contributed by atoms with Gasteiger partial charge in [-0.3, -0.25) is 4.98 Å². The molecule has 1 aromatic heterocycles. The van der Waals surface area contributed by atoms with E-state index >= 15 is 0 Å². The van der Waals surface area contributed by atoms with E-state index in [1.165, 1.54) is 18.3 Å². The van der Waals surface area contributed by atoms with Crippen molar-refractivity contribution < 1.29 is 18.6 Å². The van der Waals surface area contributed by atoms with E-state index in [9.17, 15) is 13.9 Å². The number of aromatic nitrogens is 1. The fourth-order valence-corrected chi connectivity index (χ4v) is 4.25. The third kappa shape index (κ3) is 3.96. The molecule has 1 aliphatic carbocycles. The summed E-state index contributed by atoms with van der Waals surface area (Å²) in [4.78, 5) is 6.67. The lowest BCUT2D eigenvalue weighted by molar-refractivity contribution is 0.184. The number of ether oxygens (including phenoxy) is 1. The summed E-state index contributed by atoms with van der Waals surface area (Å²) in [5.41, 5.74) is 0.981. The van der Waals surface area contributed by atoms with Crippen LogP contribution in [0.1, 0.15) is 18.5 Å². The molecule has 1 N–H and O–H groups in total.